The first-order valence-electron chi connectivity index (χ1n) is 5.96. The van der Waals surface area contributed by atoms with Gasteiger partial charge >= 0.3 is 17.9 Å². The molecule has 11 nitrogen and oxygen atoms in total. The van der Waals surface area contributed by atoms with Crippen LogP contribution >= 0.6 is 0 Å². The molecule has 122 valence electrons. The molecule has 0 spiro atoms. The Hall–Kier alpha value is -1.79. The highest BCUT2D eigenvalue weighted by atomic mass is 17.1. The van der Waals surface area contributed by atoms with E-state index in [0.717, 1.165) is 0 Å². The Morgan fingerprint density at radius 2 is 1.48 bits per heavy atom. The van der Waals surface area contributed by atoms with Crippen LogP contribution in [0.25, 0.3) is 0 Å². The molecule has 3 unspecified atom stereocenters. The number of hydrogen-bond acceptors (Lipinski definition) is 8. The van der Waals surface area contributed by atoms with Crippen molar-refractivity contribution in [1.29, 1.82) is 0 Å². The maximum atomic E-state index is 11.0. The van der Waals surface area contributed by atoms with Gasteiger partial charge in [-0.15, -0.1) is 0 Å². The van der Waals surface area contributed by atoms with Crippen LogP contribution in [0.3, 0.4) is 0 Å². The van der Waals surface area contributed by atoms with E-state index in [1.807, 2.05) is 0 Å². The topological polar surface area (TPSA) is 191 Å². The molecule has 0 aliphatic carbocycles. The van der Waals surface area contributed by atoms with E-state index >= 15 is 0 Å². The predicted octanol–water partition coefficient (Wildman–Crippen LogP) is -2.64. The summed E-state index contributed by atoms with van der Waals surface area (Å²) < 4.78 is 0. The van der Waals surface area contributed by atoms with Crippen molar-refractivity contribution in [2.24, 2.45) is 5.73 Å². The van der Waals surface area contributed by atoms with Crippen molar-refractivity contribution < 1.29 is 39.8 Å². The standard InChI is InChI=1S/C10H19N3O8/c11-5(8(14)15)3-12-7(10(18)19)4-13-6(9(16)17)1-2-21-20/h5-7,12-13,20H,1-4,11H2,(H,14,15)(H,16,17)(H,18,19). The number of rotatable bonds is 12. The highest BCUT2D eigenvalue weighted by Gasteiger charge is 2.23. The van der Waals surface area contributed by atoms with Crippen molar-refractivity contribution in [3.8, 4) is 0 Å². The molecular weight excluding hydrogens is 290 g/mol. The van der Waals surface area contributed by atoms with Gasteiger partial charge in [0.05, 0.1) is 6.61 Å². The van der Waals surface area contributed by atoms with Crippen LogP contribution in [-0.2, 0) is 19.3 Å². The van der Waals surface area contributed by atoms with Crippen molar-refractivity contribution in [2.75, 3.05) is 19.7 Å². The molecule has 0 fully saturated rings. The molecule has 0 saturated carbocycles. The van der Waals surface area contributed by atoms with Gasteiger partial charge in [-0.25, -0.2) is 4.89 Å². The number of carbonyl (C=O) groups is 3. The third-order valence-electron chi connectivity index (χ3n) is 2.56. The van der Waals surface area contributed by atoms with E-state index in [0.29, 0.717) is 0 Å². The minimum atomic E-state index is -1.29. The molecule has 0 aromatic carbocycles. The van der Waals surface area contributed by atoms with Crippen LogP contribution in [0.1, 0.15) is 6.42 Å². The highest BCUT2D eigenvalue weighted by molar-refractivity contribution is 5.76. The lowest BCUT2D eigenvalue weighted by atomic mass is 10.2. The van der Waals surface area contributed by atoms with E-state index < -0.39 is 36.0 Å². The van der Waals surface area contributed by atoms with Gasteiger partial charge < -0.3 is 31.7 Å². The zero-order chi connectivity index (χ0) is 16.4. The van der Waals surface area contributed by atoms with E-state index in [4.69, 9.17) is 26.3 Å². The van der Waals surface area contributed by atoms with Crippen molar-refractivity contribution >= 4 is 17.9 Å². The van der Waals surface area contributed by atoms with Gasteiger partial charge in [0.1, 0.15) is 18.1 Å². The zero-order valence-corrected chi connectivity index (χ0v) is 11.1. The first-order chi connectivity index (χ1) is 9.79. The predicted molar refractivity (Wildman–Crippen MR) is 67.7 cm³/mol. The Morgan fingerprint density at radius 3 is 1.90 bits per heavy atom. The molecule has 0 rings (SSSR count). The van der Waals surface area contributed by atoms with E-state index in [1.54, 1.807) is 0 Å². The summed E-state index contributed by atoms with van der Waals surface area (Å²) in [6.45, 7) is -0.797. The highest BCUT2D eigenvalue weighted by Crippen LogP contribution is 1.94. The number of nitrogens with one attached hydrogen (secondary N) is 2. The fourth-order valence-corrected chi connectivity index (χ4v) is 1.35. The molecule has 3 atom stereocenters. The Labute approximate surface area is 119 Å². The number of aliphatic carboxylic acids is 3. The molecule has 0 aromatic rings. The average Bonchev–Trinajstić information content (AvgIpc) is 2.40. The third kappa shape index (κ3) is 8.16. The quantitative estimate of drug-likeness (QED) is 0.147. The van der Waals surface area contributed by atoms with Gasteiger partial charge in [-0.3, -0.25) is 19.6 Å². The fraction of sp³-hybridized carbons (Fsp3) is 0.700. The average molecular weight is 309 g/mol. The van der Waals surface area contributed by atoms with Crippen LogP contribution in [0, 0.1) is 0 Å². The SMILES string of the molecule is NC(CNC(CNC(CCOO)C(=O)O)C(=O)O)C(=O)O. The lowest BCUT2D eigenvalue weighted by Gasteiger charge is -2.19. The van der Waals surface area contributed by atoms with Gasteiger partial charge in [-0.2, -0.15) is 0 Å². The summed E-state index contributed by atoms with van der Waals surface area (Å²) in [5, 5.41) is 39.4. The fourth-order valence-electron chi connectivity index (χ4n) is 1.35. The second-order valence-corrected chi connectivity index (χ2v) is 4.16. The summed E-state index contributed by atoms with van der Waals surface area (Å²) in [7, 11) is 0. The maximum Gasteiger partial charge on any atom is 0.322 e. The van der Waals surface area contributed by atoms with E-state index in [2.05, 4.69) is 15.5 Å². The molecule has 0 amide bonds. The van der Waals surface area contributed by atoms with Crippen LogP contribution in [0.15, 0.2) is 0 Å². The molecule has 0 aliphatic rings. The molecule has 21 heavy (non-hydrogen) atoms. The van der Waals surface area contributed by atoms with E-state index in [1.165, 1.54) is 0 Å². The molecule has 0 aliphatic heterocycles. The van der Waals surface area contributed by atoms with Crippen LogP contribution in [0.5, 0.6) is 0 Å². The van der Waals surface area contributed by atoms with Gasteiger partial charge in [0.2, 0.25) is 0 Å². The number of hydrogen-bond donors (Lipinski definition) is 7. The van der Waals surface area contributed by atoms with Crippen LogP contribution in [0.2, 0.25) is 0 Å². The maximum absolute atomic E-state index is 11.0. The van der Waals surface area contributed by atoms with Crippen molar-refractivity contribution in [2.45, 2.75) is 24.5 Å². The minimum absolute atomic E-state index is 0.0766. The third-order valence-corrected chi connectivity index (χ3v) is 2.56. The second kappa shape index (κ2) is 10.0. The summed E-state index contributed by atoms with van der Waals surface area (Å²) in [6.07, 6.45) is -0.0766. The molecule has 11 heteroatoms. The minimum Gasteiger partial charge on any atom is -0.480 e. The van der Waals surface area contributed by atoms with Gasteiger partial charge in [-0.05, 0) is 6.42 Å². The summed E-state index contributed by atoms with van der Waals surface area (Å²) in [4.78, 5) is 36.1. The summed E-state index contributed by atoms with van der Waals surface area (Å²) in [5.41, 5.74) is 5.22. The number of carboxylic acids is 3. The summed E-state index contributed by atoms with van der Waals surface area (Å²) >= 11 is 0. The van der Waals surface area contributed by atoms with Gasteiger partial charge in [0.15, 0.2) is 0 Å². The lowest BCUT2D eigenvalue weighted by Crippen LogP contribution is -2.52. The molecule has 8 N–H and O–H groups in total. The smallest absolute Gasteiger partial charge is 0.322 e. The van der Waals surface area contributed by atoms with Gasteiger partial charge in [0, 0.05) is 13.1 Å². The molecular formula is C10H19N3O8. The summed E-state index contributed by atoms with van der Waals surface area (Å²) in [6, 6.07) is -3.61. The van der Waals surface area contributed by atoms with Crippen molar-refractivity contribution in [3.05, 3.63) is 0 Å². The number of nitrogens with two attached hydrogens (primary N) is 1. The van der Waals surface area contributed by atoms with Crippen LogP contribution in [0.4, 0.5) is 0 Å². The first kappa shape index (κ1) is 19.2. The number of carboxylic acid groups (broad SMARTS) is 3. The lowest BCUT2D eigenvalue weighted by molar-refractivity contribution is -0.243. The second-order valence-electron chi connectivity index (χ2n) is 4.16. The molecule has 0 bridgehead atoms. The Bertz CT molecular complexity index is 364. The largest absolute Gasteiger partial charge is 0.480 e. The Morgan fingerprint density at radius 1 is 0.952 bits per heavy atom. The molecule has 0 aromatic heterocycles. The van der Waals surface area contributed by atoms with Crippen molar-refractivity contribution in [1.82, 2.24) is 10.6 Å². The first-order valence-corrected chi connectivity index (χ1v) is 5.96. The van der Waals surface area contributed by atoms with Gasteiger partial charge in [-0.1, -0.05) is 0 Å². The molecule has 0 radical (unpaired) electrons. The monoisotopic (exact) mass is 309 g/mol. The van der Waals surface area contributed by atoms with Gasteiger partial charge in [0.25, 0.3) is 0 Å². The van der Waals surface area contributed by atoms with E-state index in [-0.39, 0.29) is 26.1 Å². The molecule has 0 heterocycles. The van der Waals surface area contributed by atoms with Crippen LogP contribution < -0.4 is 16.4 Å². The van der Waals surface area contributed by atoms with Crippen LogP contribution in [-0.4, -0.2) is 76.3 Å². The normalized spacial score (nSPS) is 15.1. The summed E-state index contributed by atoms with van der Waals surface area (Å²) in [5.74, 6) is -3.82. The Balaban J connectivity index is 4.38. The van der Waals surface area contributed by atoms with Crippen molar-refractivity contribution in [3.63, 3.8) is 0 Å². The molecule has 0 saturated heterocycles. The Kier molecular flexibility index (Phi) is 9.16. The van der Waals surface area contributed by atoms with E-state index in [9.17, 15) is 14.4 Å². The zero-order valence-electron chi connectivity index (χ0n) is 11.1.